The van der Waals surface area contributed by atoms with Crippen LogP contribution < -0.4 is 4.74 Å². The molecule has 0 saturated carbocycles. The van der Waals surface area contributed by atoms with Gasteiger partial charge in [-0.05, 0) is 31.4 Å². The first kappa shape index (κ1) is 16.1. The van der Waals surface area contributed by atoms with Crippen LogP contribution in [-0.2, 0) is 10.7 Å². The maximum absolute atomic E-state index is 6.24. The van der Waals surface area contributed by atoms with E-state index in [0.717, 1.165) is 16.8 Å². The van der Waals surface area contributed by atoms with Crippen molar-refractivity contribution in [3.8, 4) is 11.5 Å². The van der Waals surface area contributed by atoms with Crippen molar-refractivity contribution in [2.45, 2.75) is 45.4 Å². The molecule has 112 valence electrons. The highest BCUT2D eigenvalue weighted by atomic mass is 79.9. The van der Waals surface area contributed by atoms with Gasteiger partial charge < -0.3 is 4.74 Å². The van der Waals surface area contributed by atoms with Gasteiger partial charge >= 0.3 is 0 Å². The van der Waals surface area contributed by atoms with Gasteiger partial charge in [-0.1, -0.05) is 72.1 Å². The number of aryl methyl sites for hydroxylation is 2. The van der Waals surface area contributed by atoms with E-state index < -0.39 is 0 Å². The van der Waals surface area contributed by atoms with Gasteiger partial charge in [0.25, 0.3) is 0 Å². The van der Waals surface area contributed by atoms with Gasteiger partial charge in [0.1, 0.15) is 11.5 Å². The molecule has 0 fully saturated rings. The summed E-state index contributed by atoms with van der Waals surface area (Å²) in [5.74, 6) is 1.87. The minimum atomic E-state index is 0.0562. The predicted molar refractivity (Wildman–Crippen MR) is 93.8 cm³/mol. The minimum absolute atomic E-state index is 0.0562. The molecule has 0 atom stereocenters. The van der Waals surface area contributed by atoms with Crippen LogP contribution in [0.1, 0.15) is 43.0 Å². The quantitative estimate of drug-likeness (QED) is 0.593. The monoisotopic (exact) mass is 346 g/mol. The molecular weight excluding hydrogens is 324 g/mol. The molecular formula is C19H23BrO. The number of benzene rings is 2. The summed E-state index contributed by atoms with van der Waals surface area (Å²) >= 11 is 3.55. The highest BCUT2D eigenvalue weighted by Crippen LogP contribution is 2.36. The van der Waals surface area contributed by atoms with Crippen molar-refractivity contribution < 1.29 is 4.74 Å². The van der Waals surface area contributed by atoms with Gasteiger partial charge in [0.2, 0.25) is 0 Å². The van der Waals surface area contributed by atoms with Crippen molar-refractivity contribution in [3.05, 3.63) is 58.7 Å². The fourth-order valence-electron chi connectivity index (χ4n) is 2.35. The smallest absolute Gasteiger partial charge is 0.131 e. The van der Waals surface area contributed by atoms with E-state index in [4.69, 9.17) is 4.74 Å². The number of rotatable bonds is 3. The van der Waals surface area contributed by atoms with E-state index in [1.54, 1.807) is 0 Å². The molecule has 2 rings (SSSR count). The molecule has 0 aliphatic rings. The number of halogens is 1. The average Bonchev–Trinajstić information content (AvgIpc) is 2.41. The first-order chi connectivity index (χ1) is 9.81. The minimum Gasteiger partial charge on any atom is -0.457 e. The number of hydrogen-bond acceptors (Lipinski definition) is 1. The SMILES string of the molecule is Cc1ccc(Oc2ccc(C)cc2C(C)(C)C)c(CBr)c1. The average molecular weight is 347 g/mol. The van der Waals surface area contributed by atoms with Gasteiger partial charge in [0, 0.05) is 16.5 Å². The second kappa shape index (κ2) is 6.23. The number of alkyl halides is 1. The Balaban J connectivity index is 2.45. The van der Waals surface area contributed by atoms with Crippen LogP contribution in [0.2, 0.25) is 0 Å². The maximum atomic E-state index is 6.24. The lowest BCUT2D eigenvalue weighted by molar-refractivity contribution is 0.452. The zero-order chi connectivity index (χ0) is 15.6. The zero-order valence-corrected chi connectivity index (χ0v) is 15.0. The van der Waals surface area contributed by atoms with E-state index >= 15 is 0 Å². The van der Waals surface area contributed by atoms with E-state index in [-0.39, 0.29) is 5.41 Å². The lowest BCUT2D eigenvalue weighted by Crippen LogP contribution is -2.13. The molecule has 0 aliphatic carbocycles. The Morgan fingerprint density at radius 1 is 0.905 bits per heavy atom. The Hall–Kier alpha value is -1.28. The molecule has 2 aromatic rings. The fraction of sp³-hybridized carbons (Fsp3) is 0.368. The van der Waals surface area contributed by atoms with Gasteiger partial charge in [0.05, 0.1) is 0 Å². The molecule has 21 heavy (non-hydrogen) atoms. The van der Waals surface area contributed by atoms with Gasteiger partial charge in [-0.15, -0.1) is 0 Å². The lowest BCUT2D eigenvalue weighted by Gasteiger charge is -2.24. The van der Waals surface area contributed by atoms with E-state index in [2.05, 4.69) is 86.9 Å². The predicted octanol–water partition coefficient (Wildman–Crippen LogP) is 6.29. The van der Waals surface area contributed by atoms with Gasteiger partial charge in [-0.25, -0.2) is 0 Å². The van der Waals surface area contributed by atoms with Crippen LogP contribution in [0.4, 0.5) is 0 Å². The highest BCUT2D eigenvalue weighted by Gasteiger charge is 2.20. The fourth-order valence-corrected chi connectivity index (χ4v) is 2.79. The van der Waals surface area contributed by atoms with Crippen molar-refractivity contribution in [2.24, 2.45) is 0 Å². The topological polar surface area (TPSA) is 9.23 Å². The molecule has 0 heterocycles. The van der Waals surface area contributed by atoms with Crippen LogP contribution in [0.5, 0.6) is 11.5 Å². The Morgan fingerprint density at radius 2 is 1.48 bits per heavy atom. The lowest BCUT2D eigenvalue weighted by atomic mass is 9.85. The van der Waals surface area contributed by atoms with Crippen molar-refractivity contribution in [3.63, 3.8) is 0 Å². The van der Waals surface area contributed by atoms with E-state index in [0.29, 0.717) is 0 Å². The van der Waals surface area contributed by atoms with Crippen LogP contribution >= 0.6 is 15.9 Å². The summed E-state index contributed by atoms with van der Waals surface area (Å²) in [6, 6.07) is 12.7. The van der Waals surface area contributed by atoms with Gasteiger partial charge in [-0.3, -0.25) is 0 Å². The van der Waals surface area contributed by atoms with E-state index in [1.807, 2.05) is 0 Å². The summed E-state index contributed by atoms with van der Waals surface area (Å²) in [7, 11) is 0. The Bertz CT molecular complexity index is 638. The van der Waals surface area contributed by atoms with Crippen molar-refractivity contribution >= 4 is 15.9 Å². The normalized spacial score (nSPS) is 11.5. The molecule has 0 bridgehead atoms. The van der Waals surface area contributed by atoms with Crippen LogP contribution in [0, 0.1) is 13.8 Å². The van der Waals surface area contributed by atoms with Crippen LogP contribution in [0.25, 0.3) is 0 Å². The van der Waals surface area contributed by atoms with Crippen LogP contribution in [-0.4, -0.2) is 0 Å². The molecule has 0 unspecified atom stereocenters. The Labute approximate surface area is 136 Å². The molecule has 1 nitrogen and oxygen atoms in total. The summed E-state index contributed by atoms with van der Waals surface area (Å²) in [5, 5.41) is 0.792. The van der Waals surface area contributed by atoms with E-state index in [1.165, 1.54) is 22.3 Å². The Morgan fingerprint density at radius 3 is 2.05 bits per heavy atom. The molecule has 0 aliphatic heterocycles. The molecule has 0 aromatic heterocycles. The molecule has 0 spiro atoms. The third kappa shape index (κ3) is 3.88. The van der Waals surface area contributed by atoms with Gasteiger partial charge in [0.15, 0.2) is 0 Å². The molecule has 0 N–H and O–H groups in total. The summed E-state index contributed by atoms with van der Waals surface area (Å²) in [4.78, 5) is 0. The molecule has 0 amide bonds. The highest BCUT2D eigenvalue weighted by molar-refractivity contribution is 9.08. The summed E-state index contributed by atoms with van der Waals surface area (Å²) in [6.45, 7) is 10.9. The first-order valence-electron chi connectivity index (χ1n) is 7.26. The maximum Gasteiger partial charge on any atom is 0.131 e. The van der Waals surface area contributed by atoms with Crippen molar-refractivity contribution in [1.82, 2.24) is 0 Å². The second-order valence-electron chi connectivity index (χ2n) is 6.60. The summed E-state index contributed by atoms with van der Waals surface area (Å²) < 4.78 is 6.24. The standard InChI is InChI=1S/C19H23BrO/c1-13-6-8-17(15(10-13)12-20)21-18-9-7-14(2)11-16(18)19(3,4)5/h6-11H,12H2,1-5H3. The molecule has 0 saturated heterocycles. The Kier molecular flexibility index (Phi) is 4.77. The largest absolute Gasteiger partial charge is 0.457 e. The number of hydrogen-bond donors (Lipinski definition) is 0. The number of ether oxygens (including phenoxy) is 1. The van der Waals surface area contributed by atoms with Crippen LogP contribution in [0.3, 0.4) is 0 Å². The molecule has 2 aromatic carbocycles. The third-order valence-corrected chi connectivity index (χ3v) is 4.13. The van der Waals surface area contributed by atoms with Crippen molar-refractivity contribution in [2.75, 3.05) is 0 Å². The molecule has 2 heteroatoms. The zero-order valence-electron chi connectivity index (χ0n) is 13.5. The van der Waals surface area contributed by atoms with Crippen LogP contribution in [0.15, 0.2) is 36.4 Å². The molecule has 0 radical (unpaired) electrons. The summed E-state index contributed by atoms with van der Waals surface area (Å²) in [6.07, 6.45) is 0. The van der Waals surface area contributed by atoms with E-state index in [9.17, 15) is 0 Å². The van der Waals surface area contributed by atoms with Crippen molar-refractivity contribution in [1.29, 1.82) is 0 Å². The third-order valence-electron chi connectivity index (χ3n) is 3.52. The second-order valence-corrected chi connectivity index (χ2v) is 7.16. The summed E-state index contributed by atoms with van der Waals surface area (Å²) in [5.41, 5.74) is 4.98. The first-order valence-corrected chi connectivity index (χ1v) is 8.38. The van der Waals surface area contributed by atoms with Gasteiger partial charge in [-0.2, -0.15) is 0 Å².